The molecule has 0 saturated heterocycles. The van der Waals surface area contributed by atoms with Gasteiger partial charge in [0, 0.05) is 22.6 Å². The average Bonchev–Trinajstić information content (AvgIpc) is 2.69. The van der Waals surface area contributed by atoms with Crippen molar-refractivity contribution in [2.45, 2.75) is 26.5 Å². The molecule has 2 aromatic carbocycles. The number of hydrogen-bond acceptors (Lipinski definition) is 6. The van der Waals surface area contributed by atoms with Gasteiger partial charge in [-0.25, -0.2) is 0 Å². The van der Waals surface area contributed by atoms with Gasteiger partial charge >= 0.3 is 5.97 Å². The van der Waals surface area contributed by atoms with Gasteiger partial charge in [-0.05, 0) is 50.1 Å². The highest BCUT2D eigenvalue weighted by molar-refractivity contribution is 7.99. The molecule has 0 atom stereocenters. The quantitative estimate of drug-likeness (QED) is 0.494. The van der Waals surface area contributed by atoms with E-state index in [-0.39, 0.29) is 24.1 Å². The van der Waals surface area contributed by atoms with Gasteiger partial charge in [0.25, 0.3) is 5.91 Å². The SMILES string of the molecule is COc1ccc(C(C)=O)cc1CSCC(=O)OCC(=O)Nc1c(C)cccc1C. The Labute approximate surface area is 175 Å². The molecule has 0 aliphatic carbocycles. The van der Waals surface area contributed by atoms with Crippen LogP contribution in [0.5, 0.6) is 5.75 Å². The van der Waals surface area contributed by atoms with E-state index in [1.807, 2.05) is 32.0 Å². The fourth-order valence-electron chi connectivity index (χ4n) is 2.73. The number of nitrogens with one attached hydrogen (secondary N) is 1. The predicted octanol–water partition coefficient (Wildman–Crippen LogP) is 3.93. The monoisotopic (exact) mass is 415 g/mol. The maximum Gasteiger partial charge on any atom is 0.316 e. The van der Waals surface area contributed by atoms with Crippen LogP contribution in [0.4, 0.5) is 5.69 Å². The van der Waals surface area contributed by atoms with Crippen molar-refractivity contribution in [1.29, 1.82) is 0 Å². The molecular formula is C22H25NO5S. The molecule has 0 fully saturated rings. The number of Topliss-reactive ketones (excluding diaryl/α,β-unsaturated/α-hetero) is 1. The van der Waals surface area contributed by atoms with Gasteiger partial charge in [0.15, 0.2) is 12.4 Å². The van der Waals surface area contributed by atoms with Crippen LogP contribution in [-0.4, -0.2) is 37.1 Å². The summed E-state index contributed by atoms with van der Waals surface area (Å²) >= 11 is 1.33. The molecule has 0 radical (unpaired) electrons. The van der Waals surface area contributed by atoms with Gasteiger partial charge in [-0.15, -0.1) is 11.8 Å². The maximum atomic E-state index is 12.1. The van der Waals surface area contributed by atoms with Crippen LogP contribution in [-0.2, 0) is 20.1 Å². The second kappa shape index (κ2) is 10.7. The molecule has 0 aromatic heterocycles. The van der Waals surface area contributed by atoms with E-state index >= 15 is 0 Å². The second-order valence-electron chi connectivity index (χ2n) is 6.55. The highest BCUT2D eigenvalue weighted by Gasteiger charge is 2.12. The molecule has 2 rings (SSSR count). The highest BCUT2D eigenvalue weighted by Crippen LogP contribution is 2.25. The molecule has 154 valence electrons. The Morgan fingerprint density at radius 1 is 1.07 bits per heavy atom. The van der Waals surface area contributed by atoms with Crippen molar-refractivity contribution in [3.8, 4) is 5.75 Å². The standard InChI is InChI=1S/C22H25NO5S/c1-14-6-5-7-15(2)22(14)23-20(25)11-28-21(26)13-29-12-18-10-17(16(3)24)8-9-19(18)27-4/h5-10H,11-13H2,1-4H3,(H,23,25). The summed E-state index contributed by atoms with van der Waals surface area (Å²) in [6, 6.07) is 10.9. The highest BCUT2D eigenvalue weighted by atomic mass is 32.2. The lowest BCUT2D eigenvalue weighted by atomic mass is 10.1. The van der Waals surface area contributed by atoms with E-state index in [2.05, 4.69) is 5.32 Å². The number of rotatable bonds is 9. The average molecular weight is 416 g/mol. The lowest BCUT2D eigenvalue weighted by Gasteiger charge is -2.12. The molecule has 0 aliphatic rings. The fourth-order valence-corrected chi connectivity index (χ4v) is 3.53. The summed E-state index contributed by atoms with van der Waals surface area (Å²) in [6.45, 7) is 4.97. The van der Waals surface area contributed by atoms with E-state index in [1.54, 1.807) is 25.3 Å². The Morgan fingerprint density at radius 3 is 2.38 bits per heavy atom. The Morgan fingerprint density at radius 2 is 1.76 bits per heavy atom. The maximum absolute atomic E-state index is 12.1. The van der Waals surface area contributed by atoms with Gasteiger partial charge < -0.3 is 14.8 Å². The Hall–Kier alpha value is -2.80. The molecule has 1 amide bonds. The lowest BCUT2D eigenvalue weighted by molar-refractivity contribution is -0.144. The van der Waals surface area contributed by atoms with Crippen LogP contribution in [0.2, 0.25) is 0 Å². The molecule has 0 spiro atoms. The molecule has 29 heavy (non-hydrogen) atoms. The first kappa shape index (κ1) is 22.5. The minimum absolute atomic E-state index is 0.0341. The number of esters is 1. The number of benzene rings is 2. The fraction of sp³-hybridized carbons (Fsp3) is 0.318. The predicted molar refractivity (Wildman–Crippen MR) is 115 cm³/mol. The van der Waals surface area contributed by atoms with Crippen LogP contribution in [0.3, 0.4) is 0 Å². The van der Waals surface area contributed by atoms with E-state index in [9.17, 15) is 14.4 Å². The van der Waals surface area contributed by atoms with Crippen molar-refractivity contribution in [2.24, 2.45) is 0 Å². The number of aryl methyl sites for hydroxylation is 2. The zero-order valence-electron chi connectivity index (χ0n) is 17.0. The molecule has 0 unspecified atom stereocenters. The first-order valence-corrected chi connectivity index (χ1v) is 10.2. The van der Waals surface area contributed by atoms with Crippen molar-refractivity contribution in [3.05, 3.63) is 58.7 Å². The zero-order valence-corrected chi connectivity index (χ0v) is 17.9. The van der Waals surface area contributed by atoms with E-state index < -0.39 is 5.97 Å². The molecule has 0 aliphatic heterocycles. The number of methoxy groups -OCH3 is 1. The number of carbonyl (C=O) groups excluding carboxylic acids is 3. The van der Waals surface area contributed by atoms with Crippen LogP contribution in [0, 0.1) is 13.8 Å². The summed E-state index contributed by atoms with van der Waals surface area (Å²) in [5.41, 5.74) is 4.04. The number of thioether (sulfide) groups is 1. The molecule has 0 saturated carbocycles. The third-order valence-electron chi connectivity index (χ3n) is 4.27. The minimum Gasteiger partial charge on any atom is -0.496 e. The molecular weight excluding hydrogens is 390 g/mol. The normalized spacial score (nSPS) is 10.3. The van der Waals surface area contributed by atoms with Gasteiger partial charge in [0.2, 0.25) is 0 Å². The number of para-hydroxylation sites is 1. The summed E-state index contributed by atoms with van der Waals surface area (Å²) in [7, 11) is 1.56. The largest absolute Gasteiger partial charge is 0.496 e. The van der Waals surface area contributed by atoms with E-state index in [1.165, 1.54) is 18.7 Å². The second-order valence-corrected chi connectivity index (χ2v) is 7.54. The smallest absolute Gasteiger partial charge is 0.316 e. The van der Waals surface area contributed by atoms with Crippen molar-refractivity contribution >= 4 is 35.1 Å². The van der Waals surface area contributed by atoms with Gasteiger partial charge in [-0.3, -0.25) is 14.4 Å². The topological polar surface area (TPSA) is 81.7 Å². The van der Waals surface area contributed by atoms with Gasteiger partial charge in [-0.1, -0.05) is 18.2 Å². The summed E-state index contributed by atoms with van der Waals surface area (Å²) < 4.78 is 10.4. The van der Waals surface area contributed by atoms with Gasteiger partial charge in [0.05, 0.1) is 12.9 Å². The van der Waals surface area contributed by atoms with E-state index in [4.69, 9.17) is 9.47 Å². The number of amides is 1. The summed E-state index contributed by atoms with van der Waals surface area (Å²) in [6.07, 6.45) is 0. The number of ketones is 1. The van der Waals surface area contributed by atoms with Crippen molar-refractivity contribution in [2.75, 3.05) is 24.8 Å². The van der Waals surface area contributed by atoms with Gasteiger partial charge in [0.1, 0.15) is 5.75 Å². The van der Waals surface area contributed by atoms with Crippen LogP contribution >= 0.6 is 11.8 Å². The number of anilines is 1. The Kier molecular flexibility index (Phi) is 8.27. The van der Waals surface area contributed by atoms with Crippen molar-refractivity contribution in [3.63, 3.8) is 0 Å². The van der Waals surface area contributed by atoms with Crippen LogP contribution in [0.25, 0.3) is 0 Å². The zero-order chi connectivity index (χ0) is 21.4. The third kappa shape index (κ3) is 6.64. The van der Waals surface area contributed by atoms with E-state index in [0.717, 1.165) is 22.4 Å². The summed E-state index contributed by atoms with van der Waals surface area (Å²) in [5.74, 6) is 0.333. The van der Waals surface area contributed by atoms with Crippen LogP contribution < -0.4 is 10.1 Å². The third-order valence-corrected chi connectivity index (χ3v) is 5.23. The number of carbonyl (C=O) groups is 3. The molecule has 7 heteroatoms. The Balaban J connectivity index is 1.81. The summed E-state index contributed by atoms with van der Waals surface area (Å²) in [5, 5.41) is 2.78. The first-order chi connectivity index (χ1) is 13.8. The first-order valence-electron chi connectivity index (χ1n) is 9.09. The molecule has 0 bridgehead atoms. The minimum atomic E-state index is -0.478. The van der Waals surface area contributed by atoms with Crippen LogP contribution in [0.1, 0.15) is 34.0 Å². The molecule has 1 N–H and O–H groups in total. The number of ether oxygens (including phenoxy) is 2. The number of hydrogen-bond donors (Lipinski definition) is 1. The Bertz CT molecular complexity index is 890. The lowest BCUT2D eigenvalue weighted by Crippen LogP contribution is -2.22. The van der Waals surface area contributed by atoms with Crippen LogP contribution in [0.15, 0.2) is 36.4 Å². The van der Waals surface area contributed by atoms with Crippen molar-refractivity contribution < 1.29 is 23.9 Å². The molecule has 0 heterocycles. The summed E-state index contributed by atoms with van der Waals surface area (Å²) in [4.78, 5) is 35.5. The van der Waals surface area contributed by atoms with Crippen molar-refractivity contribution in [1.82, 2.24) is 0 Å². The molecule has 6 nitrogen and oxygen atoms in total. The van der Waals surface area contributed by atoms with E-state index in [0.29, 0.717) is 17.1 Å². The van der Waals surface area contributed by atoms with Gasteiger partial charge in [-0.2, -0.15) is 0 Å². The molecule has 2 aromatic rings.